The minimum absolute atomic E-state index is 0.140. The molecule has 2 fully saturated rings. The number of piperazine rings is 1. The van der Waals surface area contributed by atoms with Crippen LogP contribution in [-0.2, 0) is 4.79 Å². The molecule has 184 valence electrons. The van der Waals surface area contributed by atoms with Gasteiger partial charge in [0.15, 0.2) is 29.1 Å². The van der Waals surface area contributed by atoms with Crippen LogP contribution in [0.5, 0.6) is 0 Å². The predicted molar refractivity (Wildman–Crippen MR) is 127 cm³/mol. The SMILES string of the molecule is CN1C(=O)NC(=O)C2C1N=C(N1CCN(C(=O)c3ccco3)CC1)N2CCCSc1ncccn1. The summed E-state index contributed by atoms with van der Waals surface area (Å²) in [6, 6.07) is 4.09. The lowest BCUT2D eigenvalue weighted by Gasteiger charge is -2.40. The molecule has 13 heteroatoms. The third kappa shape index (κ3) is 4.67. The third-order valence-electron chi connectivity index (χ3n) is 6.24. The topological polar surface area (TPSA) is 127 Å². The number of aromatic nitrogens is 2. The molecular formula is C22H26N8O4S. The smallest absolute Gasteiger partial charge is 0.325 e. The van der Waals surface area contributed by atoms with E-state index < -0.39 is 18.2 Å². The number of guanidine groups is 1. The van der Waals surface area contributed by atoms with E-state index in [0.29, 0.717) is 49.6 Å². The Morgan fingerprint density at radius 1 is 1.17 bits per heavy atom. The summed E-state index contributed by atoms with van der Waals surface area (Å²) in [4.78, 5) is 58.2. The van der Waals surface area contributed by atoms with Crippen LogP contribution in [0.15, 0.2) is 51.4 Å². The Kier molecular flexibility index (Phi) is 6.57. The van der Waals surface area contributed by atoms with Crippen molar-refractivity contribution in [1.82, 2.24) is 34.9 Å². The number of rotatable bonds is 6. The van der Waals surface area contributed by atoms with Crippen LogP contribution in [0, 0.1) is 0 Å². The van der Waals surface area contributed by atoms with Crippen molar-refractivity contribution >= 4 is 35.6 Å². The zero-order valence-corrected chi connectivity index (χ0v) is 20.1. The molecule has 0 radical (unpaired) electrons. The Morgan fingerprint density at radius 3 is 2.66 bits per heavy atom. The molecule has 3 aliphatic heterocycles. The normalized spacial score (nSPS) is 22.3. The van der Waals surface area contributed by atoms with Crippen LogP contribution >= 0.6 is 11.8 Å². The summed E-state index contributed by atoms with van der Waals surface area (Å²) in [6.07, 6.45) is 5.09. The summed E-state index contributed by atoms with van der Waals surface area (Å²) in [5.41, 5.74) is 0. The van der Waals surface area contributed by atoms with Gasteiger partial charge in [-0.25, -0.2) is 19.8 Å². The van der Waals surface area contributed by atoms with Gasteiger partial charge >= 0.3 is 6.03 Å². The number of carbonyl (C=O) groups is 3. The van der Waals surface area contributed by atoms with Crippen LogP contribution < -0.4 is 5.32 Å². The van der Waals surface area contributed by atoms with Crippen molar-refractivity contribution in [3.05, 3.63) is 42.6 Å². The van der Waals surface area contributed by atoms with Gasteiger partial charge in [0.1, 0.15) is 0 Å². The van der Waals surface area contributed by atoms with Gasteiger partial charge in [-0.1, -0.05) is 11.8 Å². The molecule has 5 heterocycles. The molecule has 0 aliphatic carbocycles. The summed E-state index contributed by atoms with van der Waals surface area (Å²) in [6.45, 7) is 2.72. The molecule has 2 aromatic rings. The first kappa shape index (κ1) is 23.1. The van der Waals surface area contributed by atoms with Crippen LogP contribution in [0.1, 0.15) is 17.0 Å². The van der Waals surface area contributed by atoms with Crippen molar-refractivity contribution in [3.63, 3.8) is 0 Å². The molecule has 2 atom stereocenters. The molecule has 5 rings (SSSR count). The fraction of sp³-hybridized carbons (Fsp3) is 0.455. The molecule has 0 aromatic carbocycles. The Bertz CT molecular complexity index is 1100. The number of nitrogens with zero attached hydrogens (tertiary/aromatic N) is 7. The number of aliphatic imine (C=N–C) groups is 1. The molecule has 2 unspecified atom stereocenters. The Balaban J connectivity index is 1.27. The second-order valence-electron chi connectivity index (χ2n) is 8.38. The molecule has 35 heavy (non-hydrogen) atoms. The summed E-state index contributed by atoms with van der Waals surface area (Å²) < 4.78 is 5.25. The molecular weight excluding hydrogens is 472 g/mol. The second kappa shape index (κ2) is 9.94. The lowest BCUT2D eigenvalue weighted by molar-refractivity contribution is -0.127. The zero-order chi connectivity index (χ0) is 24.4. The molecule has 0 bridgehead atoms. The number of imide groups is 1. The van der Waals surface area contributed by atoms with Crippen molar-refractivity contribution in [2.45, 2.75) is 23.8 Å². The summed E-state index contributed by atoms with van der Waals surface area (Å²) in [5.74, 6) is 1.29. The van der Waals surface area contributed by atoms with E-state index >= 15 is 0 Å². The largest absolute Gasteiger partial charge is 0.459 e. The van der Waals surface area contributed by atoms with Crippen LogP contribution in [0.25, 0.3) is 0 Å². The minimum atomic E-state index is -0.589. The van der Waals surface area contributed by atoms with E-state index in [0.717, 1.165) is 12.2 Å². The number of fused-ring (bicyclic) bond motifs is 1. The third-order valence-corrected chi connectivity index (χ3v) is 7.20. The van der Waals surface area contributed by atoms with Gasteiger partial charge in [-0.15, -0.1) is 0 Å². The van der Waals surface area contributed by atoms with E-state index in [1.807, 2.05) is 4.90 Å². The molecule has 2 saturated heterocycles. The number of amides is 4. The van der Waals surface area contributed by atoms with Gasteiger partial charge in [-0.2, -0.15) is 0 Å². The molecule has 0 spiro atoms. The molecule has 1 N–H and O–H groups in total. The molecule has 3 aliphatic rings. The zero-order valence-electron chi connectivity index (χ0n) is 19.2. The highest BCUT2D eigenvalue weighted by Gasteiger charge is 2.49. The lowest BCUT2D eigenvalue weighted by atomic mass is 10.1. The molecule has 2 aromatic heterocycles. The summed E-state index contributed by atoms with van der Waals surface area (Å²) >= 11 is 1.55. The van der Waals surface area contributed by atoms with Crippen molar-refractivity contribution in [2.24, 2.45) is 4.99 Å². The predicted octanol–water partition coefficient (Wildman–Crippen LogP) is 0.558. The Hall–Kier alpha value is -3.61. The maximum absolute atomic E-state index is 12.8. The second-order valence-corrected chi connectivity index (χ2v) is 9.44. The molecule has 4 amide bonds. The van der Waals surface area contributed by atoms with Gasteiger partial charge in [0, 0.05) is 57.9 Å². The number of furan rings is 1. The number of nitrogens with one attached hydrogen (secondary N) is 1. The van der Waals surface area contributed by atoms with E-state index in [-0.39, 0.29) is 11.8 Å². The van der Waals surface area contributed by atoms with E-state index in [2.05, 4.69) is 20.2 Å². The van der Waals surface area contributed by atoms with E-state index in [1.165, 1.54) is 11.2 Å². The Morgan fingerprint density at radius 2 is 1.94 bits per heavy atom. The standard InChI is InChI=1S/C22H26N8O4S/c1-27-17-16(18(31)26-22(27)33)30(8-4-14-35-20-23-6-3-7-24-20)21(25-17)29-11-9-28(10-12-29)19(32)15-5-2-13-34-15/h2-3,5-7,13,16-17H,4,8-12,14H2,1H3,(H,26,31,33). The maximum atomic E-state index is 12.8. The first-order valence-electron chi connectivity index (χ1n) is 11.4. The fourth-order valence-corrected chi connectivity index (χ4v) is 5.16. The minimum Gasteiger partial charge on any atom is -0.459 e. The number of thioether (sulfide) groups is 1. The highest BCUT2D eigenvalue weighted by molar-refractivity contribution is 7.99. The van der Waals surface area contributed by atoms with Crippen LogP contribution in [0.4, 0.5) is 4.79 Å². The fourth-order valence-electron chi connectivity index (χ4n) is 4.44. The molecule has 12 nitrogen and oxygen atoms in total. The van der Waals surface area contributed by atoms with Crippen molar-refractivity contribution in [2.75, 3.05) is 45.5 Å². The highest BCUT2D eigenvalue weighted by atomic mass is 32.2. The van der Waals surface area contributed by atoms with Gasteiger partial charge in [-0.05, 0) is 24.6 Å². The van der Waals surface area contributed by atoms with E-state index in [1.54, 1.807) is 54.3 Å². The maximum Gasteiger partial charge on any atom is 0.325 e. The number of likely N-dealkylation sites (N-methyl/N-ethyl adjacent to an activating group) is 1. The first-order valence-corrected chi connectivity index (χ1v) is 12.4. The van der Waals surface area contributed by atoms with Crippen LogP contribution in [-0.4, -0.2) is 111 Å². The number of hydrogen-bond acceptors (Lipinski definition) is 10. The van der Waals surface area contributed by atoms with Gasteiger partial charge in [0.05, 0.1) is 6.26 Å². The summed E-state index contributed by atoms with van der Waals surface area (Å²) in [5, 5.41) is 3.14. The van der Waals surface area contributed by atoms with Gasteiger partial charge in [-0.3, -0.25) is 14.9 Å². The van der Waals surface area contributed by atoms with Crippen molar-refractivity contribution in [3.8, 4) is 0 Å². The quantitative estimate of drug-likeness (QED) is 0.345. The number of hydrogen-bond donors (Lipinski definition) is 1. The average molecular weight is 499 g/mol. The first-order chi connectivity index (χ1) is 17.0. The highest BCUT2D eigenvalue weighted by Crippen LogP contribution is 2.27. The van der Waals surface area contributed by atoms with Crippen LogP contribution in [0.2, 0.25) is 0 Å². The van der Waals surface area contributed by atoms with Crippen molar-refractivity contribution in [1.29, 1.82) is 0 Å². The van der Waals surface area contributed by atoms with Crippen LogP contribution in [0.3, 0.4) is 0 Å². The average Bonchev–Trinajstić information content (AvgIpc) is 3.55. The Labute approximate surface area is 206 Å². The molecule has 0 saturated carbocycles. The van der Waals surface area contributed by atoms with Crippen molar-refractivity contribution < 1.29 is 18.8 Å². The van der Waals surface area contributed by atoms with E-state index in [4.69, 9.17) is 9.41 Å². The number of urea groups is 1. The van der Waals surface area contributed by atoms with E-state index in [9.17, 15) is 14.4 Å². The number of carbonyl (C=O) groups excluding carboxylic acids is 3. The van der Waals surface area contributed by atoms with Gasteiger partial charge in [0.2, 0.25) is 0 Å². The monoisotopic (exact) mass is 498 g/mol. The summed E-state index contributed by atoms with van der Waals surface area (Å²) in [7, 11) is 1.65. The van der Waals surface area contributed by atoms with Gasteiger partial charge in [0.25, 0.3) is 11.8 Å². The van der Waals surface area contributed by atoms with Gasteiger partial charge < -0.3 is 24.0 Å². The lowest BCUT2D eigenvalue weighted by Crippen LogP contribution is -2.64.